The summed E-state index contributed by atoms with van der Waals surface area (Å²) in [4.78, 5) is 27.2. The van der Waals surface area contributed by atoms with Gasteiger partial charge in [0.2, 0.25) is 11.8 Å². The number of thioether (sulfide) groups is 1. The third-order valence-electron chi connectivity index (χ3n) is 4.14. The van der Waals surface area contributed by atoms with E-state index in [0.717, 1.165) is 6.42 Å². The molecule has 3 rings (SSSR count). The number of nitrogens with one attached hydrogen (secondary N) is 1. The highest BCUT2D eigenvalue weighted by molar-refractivity contribution is 8.01. The number of carbonyl (C=O) groups excluding carboxylic acids is 2. The largest absolute Gasteiger partial charge is 0.349 e. The van der Waals surface area contributed by atoms with E-state index in [0.29, 0.717) is 18.7 Å². The Bertz CT molecular complexity index is 557. The van der Waals surface area contributed by atoms with Gasteiger partial charge in [0.15, 0.2) is 0 Å². The molecule has 2 atom stereocenters. The fourth-order valence-electron chi connectivity index (χ4n) is 2.89. The van der Waals surface area contributed by atoms with Crippen LogP contribution in [0.4, 0.5) is 0 Å². The van der Waals surface area contributed by atoms with Crippen LogP contribution in [0, 0.1) is 6.92 Å². The molecule has 2 fully saturated rings. The summed E-state index contributed by atoms with van der Waals surface area (Å²) in [5, 5.41) is 5.01. The summed E-state index contributed by atoms with van der Waals surface area (Å²) in [7, 11) is 0. The summed E-state index contributed by atoms with van der Waals surface area (Å²) >= 11 is 3.38. The van der Waals surface area contributed by atoms with E-state index < -0.39 is 0 Å². The van der Waals surface area contributed by atoms with Crippen molar-refractivity contribution in [1.82, 2.24) is 10.2 Å². The van der Waals surface area contributed by atoms with E-state index in [9.17, 15) is 9.59 Å². The number of nitrogens with zero attached hydrogens (tertiary/aromatic N) is 1. The van der Waals surface area contributed by atoms with Crippen LogP contribution in [0.3, 0.4) is 0 Å². The SMILES string of the molecule is Cc1ccsc1CNC(=O)C1CSC2(C)CCC(=O)N12. The van der Waals surface area contributed by atoms with Gasteiger partial charge in [0.1, 0.15) is 6.04 Å². The molecule has 0 aromatic carbocycles. The van der Waals surface area contributed by atoms with Crippen molar-refractivity contribution in [2.75, 3.05) is 5.75 Å². The molecule has 1 aromatic rings. The molecule has 1 N–H and O–H groups in total. The second-order valence-corrected chi connectivity index (χ2v) is 8.01. The Hall–Kier alpha value is -1.01. The minimum Gasteiger partial charge on any atom is -0.349 e. The van der Waals surface area contributed by atoms with E-state index in [2.05, 4.69) is 18.3 Å². The normalized spacial score (nSPS) is 28.8. The molecule has 4 nitrogen and oxygen atoms in total. The maximum Gasteiger partial charge on any atom is 0.244 e. The quantitative estimate of drug-likeness (QED) is 0.930. The second kappa shape index (κ2) is 5.07. The summed E-state index contributed by atoms with van der Waals surface area (Å²) < 4.78 is 0. The van der Waals surface area contributed by atoms with Crippen molar-refractivity contribution in [3.63, 3.8) is 0 Å². The van der Waals surface area contributed by atoms with Gasteiger partial charge in [-0.1, -0.05) is 0 Å². The van der Waals surface area contributed by atoms with E-state index in [4.69, 9.17) is 0 Å². The molecule has 0 radical (unpaired) electrons. The summed E-state index contributed by atoms with van der Waals surface area (Å²) in [6, 6.07) is 1.75. The minimum absolute atomic E-state index is 0.0238. The molecule has 0 bridgehead atoms. The monoisotopic (exact) mass is 310 g/mol. The van der Waals surface area contributed by atoms with Gasteiger partial charge in [-0.3, -0.25) is 9.59 Å². The van der Waals surface area contributed by atoms with Crippen molar-refractivity contribution in [3.8, 4) is 0 Å². The predicted molar refractivity (Wildman–Crippen MR) is 81.6 cm³/mol. The van der Waals surface area contributed by atoms with Crippen molar-refractivity contribution < 1.29 is 9.59 Å². The van der Waals surface area contributed by atoms with Gasteiger partial charge in [-0.2, -0.15) is 0 Å². The topological polar surface area (TPSA) is 49.4 Å². The van der Waals surface area contributed by atoms with Crippen molar-refractivity contribution in [1.29, 1.82) is 0 Å². The number of fused-ring (bicyclic) bond motifs is 1. The number of thiophene rings is 1. The van der Waals surface area contributed by atoms with Crippen molar-refractivity contribution in [3.05, 3.63) is 21.9 Å². The zero-order valence-electron chi connectivity index (χ0n) is 11.6. The van der Waals surface area contributed by atoms with Crippen LogP contribution in [0.5, 0.6) is 0 Å². The van der Waals surface area contributed by atoms with E-state index in [1.807, 2.05) is 12.3 Å². The molecule has 1 aromatic heterocycles. The molecule has 108 valence electrons. The molecular formula is C14H18N2O2S2. The Balaban J connectivity index is 1.66. The van der Waals surface area contributed by atoms with Gasteiger partial charge in [0, 0.05) is 17.1 Å². The van der Waals surface area contributed by atoms with Crippen molar-refractivity contribution >= 4 is 34.9 Å². The first kappa shape index (κ1) is 13.9. The van der Waals surface area contributed by atoms with Gasteiger partial charge in [0.25, 0.3) is 0 Å². The molecule has 0 spiro atoms. The van der Waals surface area contributed by atoms with Gasteiger partial charge >= 0.3 is 0 Å². The van der Waals surface area contributed by atoms with Gasteiger partial charge in [-0.25, -0.2) is 0 Å². The average Bonchev–Trinajstić information content (AvgIpc) is 3.04. The molecule has 2 unspecified atom stereocenters. The predicted octanol–water partition coefficient (Wildman–Crippen LogP) is 2.13. The molecule has 2 aliphatic rings. The Labute approximate surface area is 126 Å². The molecule has 2 aliphatic heterocycles. The fourth-order valence-corrected chi connectivity index (χ4v) is 5.16. The standard InChI is InChI=1S/C14H18N2O2S2/c1-9-4-6-19-11(9)7-15-13(18)10-8-20-14(2)5-3-12(17)16(10)14/h4,6,10H,3,5,7-8H2,1-2H3,(H,15,18). The number of amides is 2. The lowest BCUT2D eigenvalue weighted by Gasteiger charge is -2.29. The lowest BCUT2D eigenvalue weighted by atomic mass is 10.2. The lowest BCUT2D eigenvalue weighted by Crippen LogP contribution is -2.49. The highest BCUT2D eigenvalue weighted by atomic mass is 32.2. The fraction of sp³-hybridized carbons (Fsp3) is 0.571. The third kappa shape index (κ3) is 2.24. The number of hydrogen-bond acceptors (Lipinski definition) is 4. The van der Waals surface area contributed by atoms with Crippen LogP contribution in [0.15, 0.2) is 11.4 Å². The molecule has 6 heteroatoms. The van der Waals surface area contributed by atoms with E-state index in [1.54, 1.807) is 28.0 Å². The van der Waals surface area contributed by atoms with E-state index in [-0.39, 0.29) is 22.7 Å². The maximum absolute atomic E-state index is 12.4. The van der Waals surface area contributed by atoms with Crippen LogP contribution in [-0.2, 0) is 16.1 Å². The third-order valence-corrected chi connectivity index (χ3v) is 6.67. The maximum atomic E-state index is 12.4. The van der Waals surface area contributed by atoms with E-state index >= 15 is 0 Å². The lowest BCUT2D eigenvalue weighted by molar-refractivity contribution is -0.138. The van der Waals surface area contributed by atoms with E-state index in [1.165, 1.54) is 10.4 Å². The minimum atomic E-state index is -0.305. The van der Waals surface area contributed by atoms with Crippen molar-refractivity contribution in [2.24, 2.45) is 0 Å². The van der Waals surface area contributed by atoms with Gasteiger partial charge in [-0.05, 0) is 37.3 Å². The summed E-state index contributed by atoms with van der Waals surface area (Å²) in [6.45, 7) is 4.67. The Morgan fingerprint density at radius 3 is 3.10 bits per heavy atom. The smallest absolute Gasteiger partial charge is 0.244 e. The van der Waals surface area contributed by atoms with Crippen LogP contribution >= 0.6 is 23.1 Å². The van der Waals surface area contributed by atoms with Gasteiger partial charge in [-0.15, -0.1) is 23.1 Å². The zero-order valence-corrected chi connectivity index (χ0v) is 13.3. The van der Waals surface area contributed by atoms with Crippen LogP contribution in [-0.4, -0.2) is 33.4 Å². The van der Waals surface area contributed by atoms with Crippen LogP contribution < -0.4 is 5.32 Å². The highest BCUT2D eigenvalue weighted by Crippen LogP contribution is 2.47. The molecule has 20 heavy (non-hydrogen) atoms. The Morgan fingerprint density at radius 2 is 2.40 bits per heavy atom. The summed E-state index contributed by atoms with van der Waals surface area (Å²) in [5.41, 5.74) is 1.21. The zero-order chi connectivity index (χ0) is 14.3. The molecule has 0 saturated carbocycles. The Morgan fingerprint density at radius 1 is 1.60 bits per heavy atom. The second-order valence-electron chi connectivity index (χ2n) is 5.51. The number of rotatable bonds is 3. The molecule has 2 amide bonds. The molecular weight excluding hydrogens is 292 g/mol. The number of carbonyl (C=O) groups is 2. The molecule has 0 aliphatic carbocycles. The number of aryl methyl sites for hydroxylation is 1. The van der Waals surface area contributed by atoms with Crippen molar-refractivity contribution in [2.45, 2.75) is 44.1 Å². The summed E-state index contributed by atoms with van der Waals surface area (Å²) in [6.07, 6.45) is 1.42. The molecule has 2 saturated heterocycles. The Kier molecular flexibility index (Phi) is 3.54. The average molecular weight is 310 g/mol. The summed E-state index contributed by atoms with van der Waals surface area (Å²) in [5.74, 6) is 0.798. The first-order valence-electron chi connectivity index (χ1n) is 6.78. The van der Waals surface area contributed by atoms with Gasteiger partial charge in [0.05, 0.1) is 11.4 Å². The first-order valence-corrected chi connectivity index (χ1v) is 8.64. The van der Waals surface area contributed by atoms with Crippen LogP contribution in [0.25, 0.3) is 0 Å². The van der Waals surface area contributed by atoms with Crippen LogP contribution in [0.1, 0.15) is 30.2 Å². The van der Waals surface area contributed by atoms with Gasteiger partial charge < -0.3 is 10.2 Å². The molecule has 3 heterocycles. The first-order chi connectivity index (χ1) is 9.51. The highest BCUT2D eigenvalue weighted by Gasteiger charge is 2.52. The van der Waals surface area contributed by atoms with Crippen LogP contribution in [0.2, 0.25) is 0 Å². The number of hydrogen-bond donors (Lipinski definition) is 1.